The van der Waals surface area contributed by atoms with Crippen LogP contribution in [-0.4, -0.2) is 32.9 Å². The highest BCUT2D eigenvalue weighted by Crippen LogP contribution is 2.27. The predicted molar refractivity (Wildman–Crippen MR) is 136 cm³/mol. The normalized spacial score (nSPS) is 12.0. The van der Waals surface area contributed by atoms with Crippen LogP contribution in [0.5, 0.6) is 5.75 Å². The van der Waals surface area contributed by atoms with Crippen molar-refractivity contribution >= 4 is 44.8 Å². The molecule has 0 heterocycles. The topological polar surface area (TPSA) is 114 Å². The van der Waals surface area contributed by atoms with Crippen LogP contribution in [0.25, 0.3) is 0 Å². The summed E-state index contributed by atoms with van der Waals surface area (Å²) in [4.78, 5) is 24.3. The van der Waals surface area contributed by atoms with E-state index in [1.165, 1.54) is 25.1 Å². The van der Waals surface area contributed by atoms with Crippen molar-refractivity contribution in [2.75, 3.05) is 17.2 Å². The van der Waals surface area contributed by atoms with Crippen molar-refractivity contribution in [1.29, 1.82) is 0 Å². The van der Waals surface area contributed by atoms with Crippen LogP contribution < -0.4 is 20.1 Å². The molecule has 3 rings (SSSR count). The maximum Gasteiger partial charge on any atom is 0.242 e. The Morgan fingerprint density at radius 3 is 2.14 bits per heavy atom. The van der Waals surface area contributed by atoms with Gasteiger partial charge in [-0.25, -0.2) is 8.42 Å². The summed E-state index contributed by atoms with van der Waals surface area (Å²) in [5, 5.41) is 5.52. The highest BCUT2D eigenvalue weighted by molar-refractivity contribution is 7.89. The number of nitrogens with one attached hydrogen (secondary N) is 3. The molecule has 3 aromatic rings. The van der Waals surface area contributed by atoms with Crippen molar-refractivity contribution in [3.05, 3.63) is 83.4 Å². The van der Waals surface area contributed by atoms with Crippen LogP contribution in [-0.2, 0) is 26.0 Å². The number of hydrogen-bond donors (Lipinski definition) is 3. The van der Waals surface area contributed by atoms with Gasteiger partial charge in [0.2, 0.25) is 21.8 Å². The first kappa shape index (κ1) is 26.2. The largest absolute Gasteiger partial charge is 0.492 e. The van der Waals surface area contributed by atoms with E-state index < -0.39 is 22.0 Å². The lowest BCUT2D eigenvalue weighted by Crippen LogP contribution is -2.45. The van der Waals surface area contributed by atoms with E-state index in [4.69, 9.17) is 16.3 Å². The molecule has 0 spiro atoms. The summed E-state index contributed by atoms with van der Waals surface area (Å²) in [6.07, 6.45) is 0.126. The number of sulfonamides is 1. The summed E-state index contributed by atoms with van der Waals surface area (Å²) in [5.41, 5.74) is 1.80. The van der Waals surface area contributed by atoms with E-state index in [0.717, 1.165) is 5.56 Å². The maximum absolute atomic E-state index is 13.1. The van der Waals surface area contributed by atoms with E-state index in [9.17, 15) is 18.0 Å². The zero-order valence-corrected chi connectivity index (χ0v) is 20.8. The molecule has 0 aromatic heterocycles. The second-order valence-electron chi connectivity index (χ2n) is 7.64. The van der Waals surface area contributed by atoms with Crippen LogP contribution in [0, 0.1) is 0 Å². The lowest BCUT2D eigenvalue weighted by Gasteiger charge is -2.19. The molecule has 10 heteroatoms. The summed E-state index contributed by atoms with van der Waals surface area (Å²) in [7, 11) is -4.09. The first-order valence-corrected chi connectivity index (χ1v) is 12.7. The van der Waals surface area contributed by atoms with Crippen LogP contribution in [0.3, 0.4) is 0 Å². The minimum atomic E-state index is -4.09. The summed E-state index contributed by atoms with van der Waals surface area (Å²) in [5.74, 6) is -0.385. The van der Waals surface area contributed by atoms with Crippen molar-refractivity contribution in [2.24, 2.45) is 0 Å². The fraction of sp³-hybridized carbons (Fsp3) is 0.200. The van der Waals surface area contributed by atoms with E-state index >= 15 is 0 Å². The zero-order chi connectivity index (χ0) is 25.4. The summed E-state index contributed by atoms with van der Waals surface area (Å²) in [6, 6.07) is 18.6. The number of carbonyl (C=O) groups excluding carboxylic acids is 2. The first-order valence-electron chi connectivity index (χ1n) is 10.8. The summed E-state index contributed by atoms with van der Waals surface area (Å²) >= 11 is 6.17. The highest BCUT2D eigenvalue weighted by atomic mass is 35.5. The Labute approximate surface area is 209 Å². The quantitative estimate of drug-likeness (QED) is 0.374. The Balaban J connectivity index is 1.83. The Morgan fingerprint density at radius 2 is 1.57 bits per heavy atom. The molecule has 3 N–H and O–H groups in total. The van der Waals surface area contributed by atoms with Crippen LogP contribution in [0.4, 0.5) is 11.4 Å². The molecule has 0 aliphatic rings. The van der Waals surface area contributed by atoms with Crippen LogP contribution in [0.2, 0.25) is 5.02 Å². The third kappa shape index (κ3) is 7.54. The molecule has 8 nitrogen and oxygen atoms in total. The molecule has 0 radical (unpaired) electrons. The highest BCUT2D eigenvalue weighted by Gasteiger charge is 2.27. The van der Waals surface area contributed by atoms with E-state index in [-0.39, 0.29) is 22.2 Å². The van der Waals surface area contributed by atoms with E-state index in [1.54, 1.807) is 31.2 Å². The number of amides is 2. The van der Waals surface area contributed by atoms with Gasteiger partial charge in [-0.05, 0) is 61.4 Å². The molecule has 2 amide bonds. The molecule has 35 heavy (non-hydrogen) atoms. The fourth-order valence-corrected chi connectivity index (χ4v) is 4.80. The third-order valence-corrected chi connectivity index (χ3v) is 6.65. The van der Waals surface area contributed by atoms with Gasteiger partial charge in [-0.2, -0.15) is 4.72 Å². The SMILES string of the molecule is CCOc1ccc(S(=O)(=O)NC(Cc2ccccc2)C(=O)Nc2ccc(NC(C)=O)cc2)cc1Cl. The molecular weight excluding hydrogens is 490 g/mol. The Kier molecular flexibility index (Phi) is 8.86. The van der Waals surface area contributed by atoms with Gasteiger partial charge in [-0.3, -0.25) is 9.59 Å². The Morgan fingerprint density at radius 1 is 0.943 bits per heavy atom. The van der Waals surface area contributed by atoms with Gasteiger partial charge in [-0.15, -0.1) is 0 Å². The molecule has 0 aliphatic heterocycles. The number of anilines is 2. The number of ether oxygens (including phenoxy) is 1. The molecule has 1 atom stereocenters. The van der Waals surface area contributed by atoms with Gasteiger partial charge in [0, 0.05) is 18.3 Å². The van der Waals surface area contributed by atoms with Crippen LogP contribution >= 0.6 is 11.6 Å². The van der Waals surface area contributed by atoms with Crippen molar-refractivity contribution in [1.82, 2.24) is 4.72 Å². The summed E-state index contributed by atoms with van der Waals surface area (Å²) in [6.45, 7) is 3.57. The predicted octanol–water partition coefficient (Wildman–Crippen LogP) is 4.23. The van der Waals surface area contributed by atoms with Gasteiger partial charge in [0.15, 0.2) is 0 Å². The van der Waals surface area contributed by atoms with Gasteiger partial charge in [-0.1, -0.05) is 41.9 Å². The molecule has 1 unspecified atom stereocenters. The molecule has 184 valence electrons. The lowest BCUT2D eigenvalue weighted by molar-refractivity contribution is -0.117. The van der Waals surface area contributed by atoms with Crippen molar-refractivity contribution < 1.29 is 22.7 Å². The van der Waals surface area contributed by atoms with Gasteiger partial charge in [0.25, 0.3) is 0 Å². The first-order chi connectivity index (χ1) is 16.7. The van der Waals surface area contributed by atoms with Crippen LogP contribution in [0.15, 0.2) is 77.7 Å². The lowest BCUT2D eigenvalue weighted by atomic mass is 10.1. The Bertz CT molecular complexity index is 1280. The molecule has 0 saturated carbocycles. The minimum absolute atomic E-state index is 0.0866. The molecule has 0 fully saturated rings. The van der Waals surface area contributed by atoms with Crippen LogP contribution in [0.1, 0.15) is 19.4 Å². The van der Waals surface area contributed by atoms with Gasteiger partial charge >= 0.3 is 0 Å². The molecule has 0 aliphatic carbocycles. The van der Waals surface area contributed by atoms with Crippen molar-refractivity contribution in [2.45, 2.75) is 31.2 Å². The standard InChI is InChI=1S/C25H26ClN3O5S/c1-3-34-24-14-13-21(16-22(24)26)35(32,33)29-23(15-18-7-5-4-6-8-18)25(31)28-20-11-9-19(10-12-20)27-17(2)30/h4-14,16,23,29H,3,15H2,1-2H3,(H,27,30)(H,28,31). The van der Waals surface area contributed by atoms with Gasteiger partial charge in [0.1, 0.15) is 11.8 Å². The second-order valence-corrected chi connectivity index (χ2v) is 9.76. The average Bonchev–Trinajstić information content (AvgIpc) is 2.81. The number of carbonyl (C=O) groups is 2. The zero-order valence-electron chi connectivity index (χ0n) is 19.2. The summed E-state index contributed by atoms with van der Waals surface area (Å²) < 4.78 is 34.1. The molecule has 0 saturated heterocycles. The van der Waals surface area contributed by atoms with Gasteiger partial charge < -0.3 is 15.4 Å². The molecule has 0 bridgehead atoms. The third-order valence-electron chi connectivity index (χ3n) is 4.88. The number of rotatable bonds is 10. The second kappa shape index (κ2) is 11.8. The van der Waals surface area contributed by atoms with Crippen molar-refractivity contribution in [3.8, 4) is 5.75 Å². The van der Waals surface area contributed by atoms with E-state index in [1.807, 2.05) is 30.3 Å². The average molecular weight is 516 g/mol. The smallest absolute Gasteiger partial charge is 0.242 e. The Hall–Kier alpha value is -3.40. The number of hydrogen-bond acceptors (Lipinski definition) is 5. The van der Waals surface area contributed by atoms with Crippen molar-refractivity contribution in [3.63, 3.8) is 0 Å². The number of benzene rings is 3. The molecular formula is C25H26ClN3O5S. The van der Waals surface area contributed by atoms with E-state index in [0.29, 0.717) is 23.7 Å². The van der Waals surface area contributed by atoms with Gasteiger partial charge in [0.05, 0.1) is 16.5 Å². The minimum Gasteiger partial charge on any atom is -0.492 e. The fourth-order valence-electron chi connectivity index (χ4n) is 3.28. The van der Waals surface area contributed by atoms with E-state index in [2.05, 4.69) is 15.4 Å². The number of halogens is 1. The maximum atomic E-state index is 13.1. The molecule has 3 aromatic carbocycles. The monoisotopic (exact) mass is 515 g/mol.